The van der Waals surface area contributed by atoms with Crippen LogP contribution in [0.15, 0.2) is 48.5 Å². The van der Waals surface area contributed by atoms with E-state index in [4.69, 9.17) is 4.74 Å². The smallest absolute Gasteiger partial charge is 0.248 e. The van der Waals surface area contributed by atoms with Gasteiger partial charge in [-0.25, -0.2) is 0 Å². The van der Waals surface area contributed by atoms with Crippen molar-refractivity contribution in [1.29, 1.82) is 0 Å². The minimum absolute atomic E-state index is 0.154. The van der Waals surface area contributed by atoms with Crippen LogP contribution < -0.4 is 10.1 Å². The third kappa shape index (κ3) is 3.72. The van der Waals surface area contributed by atoms with Crippen molar-refractivity contribution in [3.63, 3.8) is 0 Å². The standard InChI is InChI=1S/C18H19NO2/c1-13-7-6-8-14(2)18(13)19-17(20)12-11-15-9-4-5-10-16(15)21-3/h4-12H,1-3H3,(H,19,20)/b12-11+. The van der Waals surface area contributed by atoms with Crippen LogP contribution >= 0.6 is 0 Å². The Hall–Kier alpha value is -2.55. The number of anilines is 1. The SMILES string of the molecule is COc1ccccc1/C=C/C(=O)Nc1c(C)cccc1C. The molecule has 0 aliphatic rings. The highest BCUT2D eigenvalue weighted by Gasteiger charge is 2.05. The van der Waals surface area contributed by atoms with Crippen LogP contribution in [0.3, 0.4) is 0 Å². The van der Waals surface area contributed by atoms with E-state index in [0.29, 0.717) is 0 Å². The summed E-state index contributed by atoms with van der Waals surface area (Å²) in [6, 6.07) is 13.5. The first-order valence-electron chi connectivity index (χ1n) is 6.80. The second-order valence-electron chi connectivity index (χ2n) is 4.83. The molecule has 0 spiro atoms. The number of ether oxygens (including phenoxy) is 1. The number of benzene rings is 2. The average molecular weight is 281 g/mol. The van der Waals surface area contributed by atoms with Gasteiger partial charge in [0.05, 0.1) is 7.11 Å². The van der Waals surface area contributed by atoms with E-state index in [0.717, 1.165) is 28.1 Å². The predicted molar refractivity (Wildman–Crippen MR) is 86.6 cm³/mol. The molecule has 0 heterocycles. The highest BCUT2D eigenvalue weighted by Crippen LogP contribution is 2.21. The van der Waals surface area contributed by atoms with Crippen LogP contribution in [0.4, 0.5) is 5.69 Å². The molecule has 0 atom stereocenters. The summed E-state index contributed by atoms with van der Waals surface area (Å²) in [6.45, 7) is 3.96. The zero-order valence-corrected chi connectivity index (χ0v) is 12.5. The molecule has 0 saturated heterocycles. The first-order chi connectivity index (χ1) is 10.1. The average Bonchev–Trinajstić information content (AvgIpc) is 2.49. The van der Waals surface area contributed by atoms with Gasteiger partial charge < -0.3 is 10.1 Å². The fraction of sp³-hybridized carbons (Fsp3) is 0.167. The van der Waals surface area contributed by atoms with Gasteiger partial charge in [-0.2, -0.15) is 0 Å². The van der Waals surface area contributed by atoms with Gasteiger partial charge in [0.25, 0.3) is 0 Å². The Morgan fingerprint density at radius 3 is 2.38 bits per heavy atom. The molecule has 0 aromatic heterocycles. The number of para-hydroxylation sites is 2. The lowest BCUT2D eigenvalue weighted by atomic mass is 10.1. The third-order valence-electron chi connectivity index (χ3n) is 3.28. The maximum absolute atomic E-state index is 12.1. The molecule has 1 amide bonds. The number of amides is 1. The normalized spacial score (nSPS) is 10.6. The molecule has 0 bridgehead atoms. The van der Waals surface area contributed by atoms with Gasteiger partial charge in [0.15, 0.2) is 0 Å². The molecule has 0 unspecified atom stereocenters. The summed E-state index contributed by atoms with van der Waals surface area (Å²) in [5, 5.41) is 2.92. The number of carbonyl (C=O) groups excluding carboxylic acids is 1. The van der Waals surface area contributed by atoms with E-state index in [9.17, 15) is 4.79 Å². The van der Waals surface area contributed by atoms with E-state index >= 15 is 0 Å². The molecule has 2 aromatic carbocycles. The third-order valence-corrected chi connectivity index (χ3v) is 3.28. The fourth-order valence-corrected chi connectivity index (χ4v) is 2.15. The van der Waals surface area contributed by atoms with Crippen molar-refractivity contribution in [1.82, 2.24) is 0 Å². The van der Waals surface area contributed by atoms with Crippen molar-refractivity contribution in [3.05, 3.63) is 65.2 Å². The van der Waals surface area contributed by atoms with Crippen molar-refractivity contribution in [2.75, 3.05) is 12.4 Å². The maximum Gasteiger partial charge on any atom is 0.248 e. The number of carbonyl (C=O) groups is 1. The fourth-order valence-electron chi connectivity index (χ4n) is 2.15. The lowest BCUT2D eigenvalue weighted by Crippen LogP contribution is -2.10. The van der Waals surface area contributed by atoms with Crippen molar-refractivity contribution in [3.8, 4) is 5.75 Å². The number of methoxy groups -OCH3 is 1. The van der Waals surface area contributed by atoms with Crippen LogP contribution in [0.2, 0.25) is 0 Å². The number of hydrogen-bond acceptors (Lipinski definition) is 2. The number of aryl methyl sites for hydroxylation is 2. The Morgan fingerprint density at radius 2 is 1.71 bits per heavy atom. The van der Waals surface area contributed by atoms with E-state index in [1.165, 1.54) is 6.08 Å². The van der Waals surface area contributed by atoms with Crippen LogP contribution in [0, 0.1) is 13.8 Å². The van der Waals surface area contributed by atoms with Gasteiger partial charge in [0.2, 0.25) is 5.91 Å². The molecular formula is C18H19NO2. The molecule has 1 N–H and O–H groups in total. The van der Waals surface area contributed by atoms with Crippen LogP contribution in [0.25, 0.3) is 6.08 Å². The molecule has 3 nitrogen and oxygen atoms in total. The summed E-state index contributed by atoms with van der Waals surface area (Å²) in [7, 11) is 1.61. The zero-order chi connectivity index (χ0) is 15.2. The van der Waals surface area contributed by atoms with E-state index in [2.05, 4.69) is 5.32 Å². The van der Waals surface area contributed by atoms with Gasteiger partial charge in [-0.15, -0.1) is 0 Å². The lowest BCUT2D eigenvalue weighted by Gasteiger charge is -2.09. The molecule has 2 aromatic rings. The highest BCUT2D eigenvalue weighted by molar-refractivity contribution is 6.03. The van der Waals surface area contributed by atoms with Gasteiger partial charge in [-0.1, -0.05) is 36.4 Å². The molecular weight excluding hydrogens is 262 g/mol. The lowest BCUT2D eigenvalue weighted by molar-refractivity contribution is -0.111. The van der Waals surface area contributed by atoms with Crippen molar-refractivity contribution < 1.29 is 9.53 Å². The zero-order valence-electron chi connectivity index (χ0n) is 12.5. The van der Waals surface area contributed by atoms with Crippen LogP contribution in [-0.4, -0.2) is 13.0 Å². The van der Waals surface area contributed by atoms with Crippen molar-refractivity contribution in [2.24, 2.45) is 0 Å². The van der Waals surface area contributed by atoms with Crippen molar-refractivity contribution in [2.45, 2.75) is 13.8 Å². The highest BCUT2D eigenvalue weighted by atomic mass is 16.5. The molecule has 21 heavy (non-hydrogen) atoms. The quantitative estimate of drug-likeness (QED) is 0.861. The Labute approximate surface area is 125 Å². The number of hydrogen-bond donors (Lipinski definition) is 1. The predicted octanol–water partition coefficient (Wildman–Crippen LogP) is 3.96. The molecule has 0 aliphatic carbocycles. The Balaban J connectivity index is 2.13. The molecule has 0 fully saturated rings. The van der Waals surface area contributed by atoms with Crippen molar-refractivity contribution >= 4 is 17.7 Å². The van der Waals surface area contributed by atoms with Crippen LogP contribution in [0.5, 0.6) is 5.75 Å². The summed E-state index contributed by atoms with van der Waals surface area (Å²) in [5.74, 6) is 0.590. The summed E-state index contributed by atoms with van der Waals surface area (Å²) in [4.78, 5) is 12.1. The summed E-state index contributed by atoms with van der Waals surface area (Å²) in [6.07, 6.45) is 3.27. The summed E-state index contributed by atoms with van der Waals surface area (Å²) in [5.41, 5.74) is 3.84. The first kappa shape index (κ1) is 14.9. The Morgan fingerprint density at radius 1 is 1.05 bits per heavy atom. The summed E-state index contributed by atoms with van der Waals surface area (Å²) >= 11 is 0. The van der Waals surface area contributed by atoms with Gasteiger partial charge in [-0.05, 0) is 37.1 Å². The Bertz CT molecular complexity index is 654. The van der Waals surface area contributed by atoms with Crippen LogP contribution in [-0.2, 0) is 4.79 Å². The van der Waals surface area contributed by atoms with E-state index in [1.807, 2.05) is 56.3 Å². The molecule has 108 valence electrons. The van der Waals surface area contributed by atoms with Gasteiger partial charge in [-0.3, -0.25) is 4.79 Å². The van der Waals surface area contributed by atoms with E-state index < -0.39 is 0 Å². The number of nitrogens with one attached hydrogen (secondary N) is 1. The maximum atomic E-state index is 12.1. The molecule has 0 saturated carbocycles. The molecule has 3 heteroatoms. The molecule has 2 rings (SSSR count). The van der Waals surface area contributed by atoms with Gasteiger partial charge >= 0.3 is 0 Å². The van der Waals surface area contributed by atoms with Crippen LogP contribution in [0.1, 0.15) is 16.7 Å². The second-order valence-corrected chi connectivity index (χ2v) is 4.83. The molecule has 0 radical (unpaired) electrons. The summed E-state index contributed by atoms with van der Waals surface area (Å²) < 4.78 is 5.25. The topological polar surface area (TPSA) is 38.3 Å². The molecule has 0 aliphatic heterocycles. The minimum atomic E-state index is -0.154. The second kappa shape index (κ2) is 6.75. The van der Waals surface area contributed by atoms with Gasteiger partial charge in [0.1, 0.15) is 5.75 Å². The van der Waals surface area contributed by atoms with Gasteiger partial charge in [0, 0.05) is 17.3 Å². The number of rotatable bonds is 4. The minimum Gasteiger partial charge on any atom is -0.496 e. The monoisotopic (exact) mass is 281 g/mol. The van der Waals surface area contributed by atoms with E-state index in [-0.39, 0.29) is 5.91 Å². The largest absolute Gasteiger partial charge is 0.496 e. The Kier molecular flexibility index (Phi) is 4.77. The van der Waals surface area contributed by atoms with E-state index in [1.54, 1.807) is 13.2 Å². The first-order valence-corrected chi connectivity index (χ1v) is 6.80.